The molecule has 0 saturated carbocycles. The van der Waals surface area contributed by atoms with Gasteiger partial charge in [-0.1, -0.05) is 0 Å². The lowest BCUT2D eigenvalue weighted by atomic mass is 10.2. The maximum Gasteiger partial charge on any atom is 0.338 e. The number of aromatic nitrogens is 2. The highest BCUT2D eigenvalue weighted by Crippen LogP contribution is 2.11. The zero-order chi connectivity index (χ0) is 15.4. The molecule has 1 fully saturated rings. The van der Waals surface area contributed by atoms with Gasteiger partial charge in [-0.2, -0.15) is 0 Å². The molecule has 1 saturated heterocycles. The van der Waals surface area contributed by atoms with Gasteiger partial charge < -0.3 is 14.2 Å². The monoisotopic (exact) mass is 299 g/mol. The molecule has 22 heavy (non-hydrogen) atoms. The third-order valence-electron chi connectivity index (χ3n) is 3.67. The van der Waals surface area contributed by atoms with Crippen molar-refractivity contribution >= 4 is 11.9 Å². The summed E-state index contributed by atoms with van der Waals surface area (Å²) in [5, 5.41) is 0. The van der Waals surface area contributed by atoms with Crippen LogP contribution in [0.2, 0.25) is 0 Å². The Morgan fingerprint density at radius 1 is 1.27 bits per heavy atom. The van der Waals surface area contributed by atoms with Crippen molar-refractivity contribution in [1.29, 1.82) is 0 Å². The molecule has 0 N–H and O–H groups in total. The van der Waals surface area contributed by atoms with Crippen LogP contribution in [-0.4, -0.2) is 46.0 Å². The SMILES string of the molecule is O=C(OCCN1CCCC1=O)c1ccc(-n2ccnc2)cc1. The quantitative estimate of drug-likeness (QED) is 0.788. The Labute approximate surface area is 128 Å². The second kappa shape index (κ2) is 6.43. The first-order valence-electron chi connectivity index (χ1n) is 7.27. The number of benzene rings is 1. The Morgan fingerprint density at radius 3 is 2.73 bits per heavy atom. The van der Waals surface area contributed by atoms with Crippen molar-refractivity contribution in [3.05, 3.63) is 48.5 Å². The van der Waals surface area contributed by atoms with Gasteiger partial charge in [0.1, 0.15) is 6.61 Å². The lowest BCUT2D eigenvalue weighted by Crippen LogP contribution is -2.29. The van der Waals surface area contributed by atoms with Crippen molar-refractivity contribution < 1.29 is 14.3 Å². The van der Waals surface area contributed by atoms with E-state index in [-0.39, 0.29) is 18.5 Å². The predicted octanol–water partition coefficient (Wildman–Crippen LogP) is 1.65. The fourth-order valence-electron chi connectivity index (χ4n) is 2.45. The van der Waals surface area contributed by atoms with E-state index in [2.05, 4.69) is 4.98 Å². The zero-order valence-electron chi connectivity index (χ0n) is 12.1. The maximum absolute atomic E-state index is 12.0. The standard InChI is InChI=1S/C16H17N3O3/c20-15-2-1-8-18(15)10-11-22-16(21)13-3-5-14(6-4-13)19-9-7-17-12-19/h3-7,9,12H,1-2,8,10-11H2. The predicted molar refractivity (Wildman–Crippen MR) is 79.7 cm³/mol. The lowest BCUT2D eigenvalue weighted by Gasteiger charge is -2.15. The topological polar surface area (TPSA) is 64.4 Å². The van der Waals surface area contributed by atoms with Crippen LogP contribution in [0.5, 0.6) is 0 Å². The summed E-state index contributed by atoms with van der Waals surface area (Å²) in [6.07, 6.45) is 6.72. The van der Waals surface area contributed by atoms with Crippen molar-refractivity contribution in [1.82, 2.24) is 14.5 Å². The molecule has 0 spiro atoms. The average Bonchev–Trinajstić information content (AvgIpc) is 3.20. The van der Waals surface area contributed by atoms with Crippen LogP contribution in [0.1, 0.15) is 23.2 Å². The van der Waals surface area contributed by atoms with E-state index in [1.54, 1.807) is 29.6 Å². The van der Waals surface area contributed by atoms with Gasteiger partial charge >= 0.3 is 5.97 Å². The molecule has 1 aromatic carbocycles. The molecule has 0 bridgehead atoms. The molecule has 0 atom stereocenters. The Bertz CT molecular complexity index is 650. The molecule has 114 valence electrons. The Balaban J connectivity index is 1.53. The molecule has 2 heterocycles. The molecule has 6 nitrogen and oxygen atoms in total. The summed E-state index contributed by atoms with van der Waals surface area (Å²) in [7, 11) is 0. The van der Waals surface area contributed by atoms with E-state index >= 15 is 0 Å². The largest absolute Gasteiger partial charge is 0.460 e. The van der Waals surface area contributed by atoms with Gasteiger partial charge in [-0.25, -0.2) is 9.78 Å². The molecule has 0 aliphatic carbocycles. The van der Waals surface area contributed by atoms with Gasteiger partial charge in [-0.3, -0.25) is 4.79 Å². The summed E-state index contributed by atoms with van der Waals surface area (Å²) in [6, 6.07) is 7.11. The van der Waals surface area contributed by atoms with E-state index in [4.69, 9.17) is 4.74 Å². The molecule has 2 aromatic rings. The third-order valence-corrected chi connectivity index (χ3v) is 3.67. The first-order valence-corrected chi connectivity index (χ1v) is 7.27. The highest BCUT2D eigenvalue weighted by atomic mass is 16.5. The number of rotatable bonds is 5. The van der Waals surface area contributed by atoms with E-state index < -0.39 is 0 Å². The minimum atomic E-state index is -0.371. The number of ether oxygens (including phenoxy) is 1. The Kier molecular flexibility index (Phi) is 4.18. The second-order valence-electron chi connectivity index (χ2n) is 5.14. The number of carbonyl (C=O) groups excluding carboxylic acids is 2. The number of likely N-dealkylation sites (tertiary alicyclic amines) is 1. The summed E-state index contributed by atoms with van der Waals surface area (Å²) < 4.78 is 7.07. The van der Waals surface area contributed by atoms with Crippen molar-refractivity contribution in [2.45, 2.75) is 12.8 Å². The molecular weight excluding hydrogens is 282 g/mol. The zero-order valence-corrected chi connectivity index (χ0v) is 12.1. The molecular formula is C16H17N3O3. The summed E-state index contributed by atoms with van der Waals surface area (Å²) >= 11 is 0. The molecule has 6 heteroatoms. The van der Waals surface area contributed by atoms with Gasteiger partial charge in [-0.15, -0.1) is 0 Å². The van der Waals surface area contributed by atoms with Crippen LogP contribution >= 0.6 is 0 Å². The van der Waals surface area contributed by atoms with Crippen LogP contribution in [0.15, 0.2) is 43.0 Å². The van der Waals surface area contributed by atoms with Crippen molar-refractivity contribution in [2.75, 3.05) is 19.7 Å². The van der Waals surface area contributed by atoms with E-state index in [0.29, 0.717) is 18.5 Å². The molecule has 0 radical (unpaired) electrons. The number of esters is 1. The van der Waals surface area contributed by atoms with Gasteiger partial charge in [0.05, 0.1) is 18.4 Å². The van der Waals surface area contributed by atoms with E-state index in [1.807, 2.05) is 22.9 Å². The lowest BCUT2D eigenvalue weighted by molar-refractivity contribution is -0.128. The minimum Gasteiger partial charge on any atom is -0.460 e. The minimum absolute atomic E-state index is 0.140. The summed E-state index contributed by atoms with van der Waals surface area (Å²) in [6.45, 7) is 1.46. The summed E-state index contributed by atoms with van der Waals surface area (Å²) in [5.41, 5.74) is 1.42. The smallest absolute Gasteiger partial charge is 0.338 e. The van der Waals surface area contributed by atoms with Crippen LogP contribution in [0.25, 0.3) is 5.69 Å². The fourth-order valence-corrected chi connectivity index (χ4v) is 2.45. The third kappa shape index (κ3) is 3.16. The van der Waals surface area contributed by atoms with Gasteiger partial charge in [0, 0.05) is 31.0 Å². The van der Waals surface area contributed by atoms with Gasteiger partial charge in [0.15, 0.2) is 0 Å². The van der Waals surface area contributed by atoms with Gasteiger partial charge in [0.25, 0.3) is 0 Å². The van der Waals surface area contributed by atoms with Crippen LogP contribution in [0.4, 0.5) is 0 Å². The van der Waals surface area contributed by atoms with Crippen LogP contribution in [-0.2, 0) is 9.53 Å². The molecule has 1 aliphatic rings. The molecule has 0 unspecified atom stereocenters. The molecule has 1 aromatic heterocycles. The van der Waals surface area contributed by atoms with Crippen molar-refractivity contribution in [3.63, 3.8) is 0 Å². The normalized spacial score (nSPS) is 14.4. The number of amides is 1. The van der Waals surface area contributed by atoms with Crippen LogP contribution in [0.3, 0.4) is 0 Å². The van der Waals surface area contributed by atoms with Crippen LogP contribution < -0.4 is 0 Å². The Morgan fingerprint density at radius 2 is 2.09 bits per heavy atom. The maximum atomic E-state index is 12.0. The average molecular weight is 299 g/mol. The molecule has 1 aliphatic heterocycles. The summed E-state index contributed by atoms with van der Waals surface area (Å²) in [5.74, 6) is -0.232. The van der Waals surface area contributed by atoms with Gasteiger partial charge in [0.2, 0.25) is 5.91 Å². The van der Waals surface area contributed by atoms with E-state index in [1.165, 1.54) is 0 Å². The molecule has 1 amide bonds. The number of nitrogens with zero attached hydrogens (tertiary/aromatic N) is 3. The highest BCUT2D eigenvalue weighted by Gasteiger charge is 2.20. The fraction of sp³-hybridized carbons (Fsp3) is 0.312. The van der Waals surface area contributed by atoms with Crippen LogP contribution in [0, 0.1) is 0 Å². The summed E-state index contributed by atoms with van der Waals surface area (Å²) in [4.78, 5) is 29.1. The van der Waals surface area contributed by atoms with E-state index in [0.717, 1.165) is 18.7 Å². The first kappa shape index (κ1) is 14.3. The Hall–Kier alpha value is -2.63. The van der Waals surface area contributed by atoms with Gasteiger partial charge in [-0.05, 0) is 30.7 Å². The number of hydrogen-bond acceptors (Lipinski definition) is 4. The van der Waals surface area contributed by atoms with Crippen molar-refractivity contribution in [3.8, 4) is 5.69 Å². The second-order valence-corrected chi connectivity index (χ2v) is 5.14. The number of carbonyl (C=O) groups is 2. The number of hydrogen-bond donors (Lipinski definition) is 0. The van der Waals surface area contributed by atoms with Crippen molar-refractivity contribution in [2.24, 2.45) is 0 Å². The van der Waals surface area contributed by atoms with E-state index in [9.17, 15) is 9.59 Å². The molecule has 3 rings (SSSR count). The first-order chi connectivity index (χ1) is 10.7. The highest BCUT2D eigenvalue weighted by molar-refractivity contribution is 5.89. The number of imidazole rings is 1.